The van der Waals surface area contributed by atoms with Crippen molar-refractivity contribution in [2.45, 2.75) is 13.3 Å². The zero-order chi connectivity index (χ0) is 15.0. The molecule has 0 aliphatic heterocycles. The predicted octanol–water partition coefficient (Wildman–Crippen LogP) is 5.38. The third-order valence-electron chi connectivity index (χ3n) is 3.55. The van der Waals surface area contributed by atoms with Gasteiger partial charge in [-0.1, -0.05) is 52.7 Å². The zero-order valence-corrected chi connectivity index (χ0v) is 13.8. The normalized spacial score (nSPS) is 11.0. The topological polar surface area (TPSA) is 32.9 Å². The van der Waals surface area contributed by atoms with E-state index in [2.05, 4.69) is 33.9 Å². The van der Waals surface area contributed by atoms with Crippen molar-refractivity contribution in [2.24, 2.45) is 0 Å². The van der Waals surface area contributed by atoms with Gasteiger partial charge in [-0.15, -0.1) is 0 Å². The first-order valence-corrected chi connectivity index (χ1v) is 7.87. The number of H-pyrrole nitrogens is 1. The second-order valence-electron chi connectivity index (χ2n) is 4.88. The highest BCUT2D eigenvalue weighted by atomic mass is 79.9. The summed E-state index contributed by atoms with van der Waals surface area (Å²) in [5, 5.41) is 1.50. The number of aryl methyl sites for hydroxylation is 1. The van der Waals surface area contributed by atoms with Crippen LogP contribution in [-0.4, -0.2) is 10.8 Å². The number of fused-ring (bicyclic) bond motifs is 1. The molecule has 3 aromatic rings. The van der Waals surface area contributed by atoms with Gasteiger partial charge >= 0.3 is 0 Å². The van der Waals surface area contributed by atoms with Gasteiger partial charge in [0.25, 0.3) is 0 Å². The summed E-state index contributed by atoms with van der Waals surface area (Å²) in [5.41, 5.74) is 3.50. The highest BCUT2D eigenvalue weighted by Crippen LogP contribution is 2.26. The molecule has 0 radical (unpaired) electrons. The molecule has 106 valence electrons. The van der Waals surface area contributed by atoms with E-state index >= 15 is 0 Å². The molecule has 1 aromatic heterocycles. The van der Waals surface area contributed by atoms with Crippen LogP contribution >= 0.6 is 27.5 Å². The van der Waals surface area contributed by atoms with Crippen LogP contribution in [0.4, 0.5) is 0 Å². The lowest BCUT2D eigenvalue weighted by Gasteiger charge is -2.03. The van der Waals surface area contributed by atoms with Crippen LogP contribution < -0.4 is 0 Å². The van der Waals surface area contributed by atoms with Crippen LogP contribution in [0.1, 0.15) is 28.4 Å². The summed E-state index contributed by atoms with van der Waals surface area (Å²) in [6.45, 7) is 2.10. The average molecular weight is 363 g/mol. The van der Waals surface area contributed by atoms with Gasteiger partial charge in [-0.25, -0.2) is 0 Å². The molecule has 0 atom stereocenters. The second-order valence-corrected chi connectivity index (χ2v) is 6.23. The molecule has 0 aliphatic rings. The van der Waals surface area contributed by atoms with Crippen molar-refractivity contribution in [2.75, 3.05) is 0 Å². The first kappa shape index (κ1) is 14.4. The third-order valence-corrected chi connectivity index (χ3v) is 4.23. The number of aromatic nitrogens is 1. The van der Waals surface area contributed by atoms with Gasteiger partial charge in [-0.3, -0.25) is 4.79 Å². The van der Waals surface area contributed by atoms with E-state index in [4.69, 9.17) is 11.6 Å². The van der Waals surface area contributed by atoms with Crippen molar-refractivity contribution in [1.29, 1.82) is 0 Å². The Kier molecular flexibility index (Phi) is 3.87. The maximum absolute atomic E-state index is 12.7. The SMILES string of the molecule is CCc1cccc2c(C(=O)c3cc(Cl)cc(Br)c3)c[nH]c12. The average Bonchev–Trinajstić information content (AvgIpc) is 2.89. The summed E-state index contributed by atoms with van der Waals surface area (Å²) in [6, 6.07) is 11.3. The Bertz CT molecular complexity index is 818. The van der Waals surface area contributed by atoms with Crippen molar-refractivity contribution < 1.29 is 4.79 Å². The number of rotatable bonds is 3. The molecule has 0 bridgehead atoms. The number of para-hydroxylation sites is 1. The minimum absolute atomic E-state index is 0.0299. The number of carbonyl (C=O) groups is 1. The number of benzene rings is 2. The van der Waals surface area contributed by atoms with E-state index in [1.54, 1.807) is 24.4 Å². The van der Waals surface area contributed by atoms with Crippen LogP contribution in [0, 0.1) is 0 Å². The molecule has 0 aliphatic carbocycles. The van der Waals surface area contributed by atoms with E-state index in [9.17, 15) is 4.79 Å². The van der Waals surface area contributed by atoms with Crippen molar-refractivity contribution in [1.82, 2.24) is 4.98 Å². The molecule has 0 saturated heterocycles. The van der Waals surface area contributed by atoms with Gasteiger partial charge in [0.15, 0.2) is 5.78 Å². The van der Waals surface area contributed by atoms with Crippen molar-refractivity contribution in [3.05, 3.63) is 68.8 Å². The van der Waals surface area contributed by atoms with E-state index in [-0.39, 0.29) is 5.78 Å². The Morgan fingerprint density at radius 2 is 2.10 bits per heavy atom. The highest BCUT2D eigenvalue weighted by molar-refractivity contribution is 9.10. The van der Waals surface area contributed by atoms with Crippen LogP contribution in [0.25, 0.3) is 10.9 Å². The summed E-state index contributed by atoms with van der Waals surface area (Å²) in [5.74, 6) is -0.0299. The van der Waals surface area contributed by atoms with E-state index in [1.165, 1.54) is 5.56 Å². The van der Waals surface area contributed by atoms with Crippen molar-refractivity contribution in [3.63, 3.8) is 0 Å². The van der Waals surface area contributed by atoms with Gasteiger partial charge in [0.05, 0.1) is 0 Å². The van der Waals surface area contributed by atoms with Gasteiger partial charge in [-0.2, -0.15) is 0 Å². The van der Waals surface area contributed by atoms with Crippen LogP contribution in [0.15, 0.2) is 47.1 Å². The lowest BCUT2D eigenvalue weighted by atomic mass is 10.0. The molecular weight excluding hydrogens is 350 g/mol. The van der Waals surface area contributed by atoms with Gasteiger partial charge < -0.3 is 4.98 Å². The number of hydrogen-bond acceptors (Lipinski definition) is 1. The van der Waals surface area contributed by atoms with E-state index in [0.29, 0.717) is 16.1 Å². The molecule has 1 N–H and O–H groups in total. The molecular formula is C17H13BrClNO. The van der Waals surface area contributed by atoms with Crippen LogP contribution in [0.5, 0.6) is 0 Å². The molecule has 0 spiro atoms. The first-order chi connectivity index (χ1) is 10.1. The van der Waals surface area contributed by atoms with Crippen LogP contribution in [0.3, 0.4) is 0 Å². The lowest BCUT2D eigenvalue weighted by Crippen LogP contribution is -2.00. The number of aromatic amines is 1. The smallest absolute Gasteiger partial charge is 0.195 e. The fourth-order valence-electron chi connectivity index (χ4n) is 2.54. The van der Waals surface area contributed by atoms with Crippen molar-refractivity contribution in [3.8, 4) is 0 Å². The molecule has 21 heavy (non-hydrogen) atoms. The monoisotopic (exact) mass is 361 g/mol. The molecule has 0 amide bonds. The number of halogens is 2. The Labute approximate surface area is 136 Å². The maximum Gasteiger partial charge on any atom is 0.195 e. The first-order valence-electron chi connectivity index (χ1n) is 6.70. The molecule has 2 nitrogen and oxygen atoms in total. The third kappa shape index (κ3) is 2.63. The Balaban J connectivity index is 2.14. The Hall–Kier alpha value is -1.58. The van der Waals surface area contributed by atoms with Crippen LogP contribution in [0.2, 0.25) is 5.02 Å². The van der Waals surface area contributed by atoms with E-state index < -0.39 is 0 Å². The molecule has 0 fully saturated rings. The molecule has 4 heteroatoms. The van der Waals surface area contributed by atoms with E-state index in [0.717, 1.165) is 21.8 Å². The van der Waals surface area contributed by atoms with Gasteiger partial charge in [0.1, 0.15) is 0 Å². The predicted molar refractivity (Wildman–Crippen MR) is 90.3 cm³/mol. The molecule has 2 aromatic carbocycles. The number of nitrogens with one attached hydrogen (secondary N) is 1. The largest absolute Gasteiger partial charge is 0.360 e. The molecule has 1 heterocycles. The Morgan fingerprint density at radius 1 is 1.29 bits per heavy atom. The molecule has 0 unspecified atom stereocenters. The summed E-state index contributed by atoms with van der Waals surface area (Å²) in [7, 11) is 0. The van der Waals surface area contributed by atoms with Gasteiger partial charge in [-0.05, 0) is 30.2 Å². The summed E-state index contributed by atoms with van der Waals surface area (Å²) in [4.78, 5) is 15.9. The summed E-state index contributed by atoms with van der Waals surface area (Å²) < 4.78 is 0.799. The fraction of sp³-hybridized carbons (Fsp3) is 0.118. The highest BCUT2D eigenvalue weighted by Gasteiger charge is 2.16. The van der Waals surface area contributed by atoms with Gasteiger partial charge in [0, 0.05) is 37.7 Å². The Morgan fingerprint density at radius 3 is 2.81 bits per heavy atom. The van der Waals surface area contributed by atoms with Crippen LogP contribution in [-0.2, 0) is 6.42 Å². The summed E-state index contributed by atoms with van der Waals surface area (Å²) >= 11 is 9.40. The molecule has 3 rings (SSSR count). The summed E-state index contributed by atoms with van der Waals surface area (Å²) in [6.07, 6.45) is 2.70. The second kappa shape index (κ2) is 5.66. The lowest BCUT2D eigenvalue weighted by molar-refractivity contribution is 0.104. The number of carbonyl (C=O) groups excluding carboxylic acids is 1. The zero-order valence-electron chi connectivity index (χ0n) is 11.4. The maximum atomic E-state index is 12.7. The van der Waals surface area contributed by atoms with Crippen molar-refractivity contribution >= 4 is 44.2 Å². The number of hydrogen-bond donors (Lipinski definition) is 1. The fourth-order valence-corrected chi connectivity index (χ4v) is 3.40. The standard InChI is InChI=1S/C17H13BrClNO/c1-2-10-4-3-5-14-15(9-20-16(10)14)17(21)11-6-12(18)8-13(19)7-11/h3-9,20H,2H2,1H3. The minimum atomic E-state index is -0.0299. The van der Waals surface area contributed by atoms with Gasteiger partial charge in [0.2, 0.25) is 0 Å². The number of ketones is 1. The van der Waals surface area contributed by atoms with E-state index in [1.807, 2.05) is 12.1 Å². The minimum Gasteiger partial charge on any atom is -0.360 e. The quantitative estimate of drug-likeness (QED) is 0.624. The molecule has 0 saturated carbocycles.